The first kappa shape index (κ1) is 20.6. The third-order valence-corrected chi connectivity index (χ3v) is 4.00. The predicted molar refractivity (Wildman–Crippen MR) is 105 cm³/mol. The van der Waals surface area contributed by atoms with Crippen LogP contribution in [0.25, 0.3) is 11.4 Å². The van der Waals surface area contributed by atoms with Crippen LogP contribution in [-0.2, 0) is 11.2 Å². The zero-order valence-electron chi connectivity index (χ0n) is 16.2. The molecule has 7 heteroatoms. The summed E-state index contributed by atoms with van der Waals surface area (Å²) in [5, 5.41) is 10.9. The van der Waals surface area contributed by atoms with Crippen molar-refractivity contribution in [2.45, 2.75) is 46.5 Å². The quantitative estimate of drug-likeness (QED) is 0.668. The predicted octanol–water partition coefficient (Wildman–Crippen LogP) is 2.72. The van der Waals surface area contributed by atoms with Crippen molar-refractivity contribution in [2.24, 2.45) is 5.92 Å². The van der Waals surface area contributed by atoms with Crippen molar-refractivity contribution in [3.05, 3.63) is 40.3 Å². The number of carbonyl (C=O) groups is 1. The second-order valence-electron chi connectivity index (χ2n) is 6.85. The van der Waals surface area contributed by atoms with Gasteiger partial charge in [-0.1, -0.05) is 20.8 Å². The van der Waals surface area contributed by atoms with Crippen LogP contribution in [0.15, 0.2) is 29.1 Å². The Labute approximate surface area is 159 Å². The molecule has 0 spiro atoms. The van der Waals surface area contributed by atoms with Gasteiger partial charge in [0.15, 0.2) is 5.82 Å². The van der Waals surface area contributed by atoms with E-state index in [-0.39, 0.29) is 30.0 Å². The standard InChI is InChI=1S/C20H28N4O3/c1-4-13-27-16-7-5-15(6-8-16)19-22-20(26)17(23-24-19)9-10-18(25)21-12-11-14(2)3/h5-8,14H,4,9-13H2,1-3H3,(H,21,25)(H,22,24,26). The molecule has 1 amide bonds. The molecule has 2 N–H and O–H groups in total. The zero-order valence-corrected chi connectivity index (χ0v) is 16.2. The van der Waals surface area contributed by atoms with Crippen molar-refractivity contribution in [3.63, 3.8) is 0 Å². The van der Waals surface area contributed by atoms with Gasteiger partial charge in [-0.25, -0.2) is 0 Å². The lowest BCUT2D eigenvalue weighted by molar-refractivity contribution is -0.121. The van der Waals surface area contributed by atoms with E-state index in [0.717, 1.165) is 24.2 Å². The fourth-order valence-corrected chi connectivity index (χ4v) is 2.40. The van der Waals surface area contributed by atoms with E-state index in [1.54, 1.807) is 0 Å². The third-order valence-electron chi connectivity index (χ3n) is 4.00. The number of rotatable bonds is 10. The first-order valence-electron chi connectivity index (χ1n) is 9.45. The Kier molecular flexibility index (Phi) is 7.98. The summed E-state index contributed by atoms with van der Waals surface area (Å²) in [7, 11) is 0. The topological polar surface area (TPSA) is 97.0 Å². The van der Waals surface area contributed by atoms with E-state index in [1.165, 1.54) is 0 Å². The molecule has 0 aliphatic heterocycles. The Morgan fingerprint density at radius 2 is 1.96 bits per heavy atom. The minimum absolute atomic E-state index is 0.0800. The Hall–Kier alpha value is -2.70. The Morgan fingerprint density at radius 3 is 2.59 bits per heavy atom. The maximum absolute atomic E-state index is 12.2. The van der Waals surface area contributed by atoms with Gasteiger partial charge in [-0.3, -0.25) is 9.59 Å². The first-order valence-corrected chi connectivity index (χ1v) is 9.45. The molecule has 146 valence electrons. The van der Waals surface area contributed by atoms with Crippen LogP contribution in [0.1, 0.15) is 45.7 Å². The highest BCUT2D eigenvalue weighted by atomic mass is 16.5. The molecular weight excluding hydrogens is 344 g/mol. The number of nitrogens with one attached hydrogen (secondary N) is 2. The summed E-state index contributed by atoms with van der Waals surface area (Å²) in [5.41, 5.74) is 0.698. The van der Waals surface area contributed by atoms with E-state index in [9.17, 15) is 9.59 Å². The van der Waals surface area contributed by atoms with Crippen molar-refractivity contribution in [1.82, 2.24) is 20.5 Å². The van der Waals surface area contributed by atoms with Crippen molar-refractivity contribution < 1.29 is 9.53 Å². The molecule has 2 rings (SSSR count). The molecule has 0 saturated carbocycles. The van der Waals surface area contributed by atoms with E-state index in [2.05, 4.69) is 34.3 Å². The number of hydrogen-bond acceptors (Lipinski definition) is 5. The number of nitrogens with zero attached hydrogens (tertiary/aromatic N) is 2. The van der Waals surface area contributed by atoms with Gasteiger partial charge in [0.05, 0.1) is 6.61 Å². The fourth-order valence-electron chi connectivity index (χ4n) is 2.40. The van der Waals surface area contributed by atoms with Gasteiger partial charge in [0, 0.05) is 24.9 Å². The molecule has 0 saturated heterocycles. The molecule has 0 bridgehead atoms. The van der Waals surface area contributed by atoms with Crippen molar-refractivity contribution in [2.75, 3.05) is 13.2 Å². The molecule has 0 radical (unpaired) electrons. The highest BCUT2D eigenvalue weighted by molar-refractivity contribution is 5.76. The van der Waals surface area contributed by atoms with E-state index < -0.39 is 0 Å². The minimum Gasteiger partial charge on any atom is -0.494 e. The van der Waals surface area contributed by atoms with Gasteiger partial charge in [0.1, 0.15) is 11.4 Å². The first-order chi connectivity index (χ1) is 13.0. The maximum atomic E-state index is 12.2. The molecule has 0 aliphatic carbocycles. The Balaban J connectivity index is 1.93. The number of amides is 1. The third kappa shape index (κ3) is 6.84. The molecule has 1 heterocycles. The van der Waals surface area contributed by atoms with Gasteiger partial charge in [0.2, 0.25) is 5.91 Å². The average Bonchev–Trinajstić information content (AvgIpc) is 2.65. The van der Waals surface area contributed by atoms with Crippen LogP contribution >= 0.6 is 0 Å². The number of ether oxygens (including phenoxy) is 1. The smallest absolute Gasteiger partial charge is 0.273 e. The second kappa shape index (κ2) is 10.4. The van der Waals surface area contributed by atoms with Crippen LogP contribution in [0.5, 0.6) is 5.75 Å². The summed E-state index contributed by atoms with van der Waals surface area (Å²) in [4.78, 5) is 26.8. The van der Waals surface area contributed by atoms with Crippen molar-refractivity contribution in [1.29, 1.82) is 0 Å². The number of hydrogen-bond donors (Lipinski definition) is 2. The van der Waals surface area contributed by atoms with Crippen LogP contribution in [0, 0.1) is 5.92 Å². The van der Waals surface area contributed by atoms with Gasteiger partial charge in [-0.05, 0) is 43.0 Å². The van der Waals surface area contributed by atoms with E-state index in [4.69, 9.17) is 4.74 Å². The van der Waals surface area contributed by atoms with E-state index in [0.29, 0.717) is 24.9 Å². The summed E-state index contributed by atoms with van der Waals surface area (Å²) in [5.74, 6) is 1.63. The summed E-state index contributed by atoms with van der Waals surface area (Å²) in [6.45, 7) is 7.57. The molecule has 27 heavy (non-hydrogen) atoms. The monoisotopic (exact) mass is 372 g/mol. The van der Waals surface area contributed by atoms with Gasteiger partial charge in [0.25, 0.3) is 5.56 Å². The number of aromatic nitrogens is 3. The molecule has 0 atom stereocenters. The van der Waals surface area contributed by atoms with E-state index >= 15 is 0 Å². The number of H-pyrrole nitrogens is 1. The maximum Gasteiger partial charge on any atom is 0.273 e. The Morgan fingerprint density at radius 1 is 1.22 bits per heavy atom. The summed E-state index contributed by atoms with van der Waals surface area (Å²) in [6, 6.07) is 7.32. The van der Waals surface area contributed by atoms with Crippen LogP contribution in [-0.4, -0.2) is 34.2 Å². The number of benzene rings is 1. The van der Waals surface area contributed by atoms with Crippen LogP contribution in [0.2, 0.25) is 0 Å². The molecular formula is C20H28N4O3. The minimum atomic E-state index is -0.318. The average molecular weight is 372 g/mol. The van der Waals surface area contributed by atoms with Crippen molar-refractivity contribution in [3.8, 4) is 17.1 Å². The molecule has 0 aliphatic rings. The van der Waals surface area contributed by atoms with E-state index in [1.807, 2.05) is 31.2 Å². The van der Waals surface area contributed by atoms with Crippen molar-refractivity contribution >= 4 is 5.91 Å². The fraction of sp³-hybridized carbons (Fsp3) is 0.500. The normalized spacial score (nSPS) is 10.8. The lowest BCUT2D eigenvalue weighted by atomic mass is 10.1. The van der Waals surface area contributed by atoms with Gasteiger partial charge in [-0.2, -0.15) is 0 Å². The number of aryl methyl sites for hydroxylation is 1. The molecule has 0 fully saturated rings. The molecule has 7 nitrogen and oxygen atoms in total. The largest absolute Gasteiger partial charge is 0.494 e. The summed E-state index contributed by atoms with van der Waals surface area (Å²) >= 11 is 0. The number of aromatic amines is 1. The summed E-state index contributed by atoms with van der Waals surface area (Å²) < 4.78 is 5.54. The van der Waals surface area contributed by atoms with Gasteiger partial charge < -0.3 is 15.0 Å². The molecule has 2 aromatic rings. The van der Waals surface area contributed by atoms with Gasteiger partial charge >= 0.3 is 0 Å². The number of carbonyl (C=O) groups excluding carboxylic acids is 1. The lowest BCUT2D eigenvalue weighted by Gasteiger charge is -2.07. The SMILES string of the molecule is CCCOc1ccc(-c2nnc(CCC(=O)NCCC(C)C)c(=O)[nH]2)cc1. The molecule has 1 aromatic carbocycles. The highest BCUT2D eigenvalue weighted by Gasteiger charge is 2.10. The Bertz CT molecular complexity index is 785. The lowest BCUT2D eigenvalue weighted by Crippen LogP contribution is -2.27. The van der Waals surface area contributed by atoms with Crippen LogP contribution in [0.3, 0.4) is 0 Å². The second-order valence-corrected chi connectivity index (χ2v) is 6.85. The molecule has 0 unspecified atom stereocenters. The summed E-state index contributed by atoms with van der Waals surface area (Å²) in [6.07, 6.45) is 2.36. The van der Waals surface area contributed by atoms with Crippen LogP contribution < -0.4 is 15.6 Å². The van der Waals surface area contributed by atoms with Crippen LogP contribution in [0.4, 0.5) is 0 Å². The highest BCUT2D eigenvalue weighted by Crippen LogP contribution is 2.18. The zero-order chi connectivity index (χ0) is 19.6. The van der Waals surface area contributed by atoms with Gasteiger partial charge in [-0.15, -0.1) is 10.2 Å². The molecule has 1 aromatic heterocycles.